The fourth-order valence-corrected chi connectivity index (χ4v) is 2.62. The Hall–Kier alpha value is -0.510. The highest BCUT2D eigenvalue weighted by molar-refractivity contribution is 7.80. The predicted octanol–water partition coefficient (Wildman–Crippen LogP) is 2.51. The van der Waals surface area contributed by atoms with Crippen LogP contribution in [0, 0.1) is 11.3 Å². The van der Waals surface area contributed by atoms with Crippen LogP contribution in [0.15, 0.2) is 0 Å². The molecule has 1 aliphatic heterocycles. The molecule has 1 heterocycles. The van der Waals surface area contributed by atoms with Gasteiger partial charge in [-0.2, -0.15) is 12.6 Å². The van der Waals surface area contributed by atoms with Crippen molar-refractivity contribution in [2.24, 2.45) is 11.3 Å². The van der Waals surface area contributed by atoms with Crippen LogP contribution in [0.25, 0.3) is 0 Å². The minimum absolute atomic E-state index is 0.0193. The third kappa shape index (κ3) is 4.02. The number of thiol groups is 1. The highest BCUT2D eigenvalue weighted by atomic mass is 32.1. The van der Waals surface area contributed by atoms with Crippen LogP contribution in [0.1, 0.15) is 46.5 Å². The van der Waals surface area contributed by atoms with E-state index in [-0.39, 0.29) is 17.2 Å². The van der Waals surface area contributed by atoms with Gasteiger partial charge in [0.1, 0.15) is 0 Å². The van der Waals surface area contributed by atoms with E-state index in [0.717, 1.165) is 18.6 Å². The maximum absolute atomic E-state index is 12.0. The molecule has 1 saturated heterocycles. The third-order valence-corrected chi connectivity index (χ3v) is 3.77. The lowest BCUT2D eigenvalue weighted by atomic mass is 9.81. The minimum atomic E-state index is -0.175. The monoisotopic (exact) mass is 257 g/mol. The Balaban J connectivity index is 2.65. The lowest BCUT2D eigenvalue weighted by Gasteiger charge is -2.36. The zero-order valence-electron chi connectivity index (χ0n) is 11.0. The van der Waals surface area contributed by atoms with E-state index in [1.807, 2.05) is 13.8 Å². The summed E-state index contributed by atoms with van der Waals surface area (Å²) in [5.41, 5.74) is -0.175. The van der Waals surface area contributed by atoms with Gasteiger partial charge in [-0.1, -0.05) is 27.2 Å². The molecule has 17 heavy (non-hydrogen) atoms. The van der Waals surface area contributed by atoms with E-state index in [1.54, 1.807) is 0 Å². The molecule has 0 aromatic heterocycles. The molecule has 0 spiro atoms. The van der Waals surface area contributed by atoms with E-state index in [9.17, 15) is 9.59 Å². The Labute approximate surface area is 109 Å². The van der Waals surface area contributed by atoms with Crippen LogP contribution >= 0.6 is 12.6 Å². The second-order valence-electron chi connectivity index (χ2n) is 5.75. The van der Waals surface area contributed by atoms with Crippen LogP contribution in [0.3, 0.4) is 0 Å². The van der Waals surface area contributed by atoms with E-state index in [1.165, 1.54) is 4.90 Å². The van der Waals surface area contributed by atoms with E-state index in [0.29, 0.717) is 25.3 Å². The number of hydrogen-bond donors (Lipinski definition) is 1. The molecule has 98 valence electrons. The van der Waals surface area contributed by atoms with E-state index in [4.69, 9.17) is 0 Å². The average Bonchev–Trinajstić information content (AvgIpc) is 2.20. The van der Waals surface area contributed by atoms with Crippen LogP contribution < -0.4 is 0 Å². The summed E-state index contributed by atoms with van der Waals surface area (Å²) in [6.45, 7) is 6.61. The third-order valence-electron chi connectivity index (χ3n) is 3.26. The lowest BCUT2D eigenvalue weighted by molar-refractivity contribution is -0.153. The lowest BCUT2D eigenvalue weighted by Crippen LogP contribution is -2.48. The molecule has 0 bridgehead atoms. The number of rotatable bonds is 5. The SMILES string of the molecule is CCCC(CS)CN1C(=O)CC(C)(C)CC1=O. The molecule has 0 aromatic rings. The van der Waals surface area contributed by atoms with Gasteiger partial charge in [-0.25, -0.2) is 0 Å². The predicted molar refractivity (Wildman–Crippen MR) is 72.0 cm³/mol. The van der Waals surface area contributed by atoms with Gasteiger partial charge in [0, 0.05) is 19.4 Å². The number of nitrogens with zero attached hydrogens (tertiary/aromatic N) is 1. The van der Waals surface area contributed by atoms with Crippen LogP contribution in [-0.2, 0) is 9.59 Å². The first-order valence-corrected chi connectivity index (χ1v) is 6.97. The number of hydrogen-bond acceptors (Lipinski definition) is 3. The summed E-state index contributed by atoms with van der Waals surface area (Å²) in [4.78, 5) is 25.4. The second kappa shape index (κ2) is 5.89. The normalized spacial score (nSPS) is 21.8. The highest BCUT2D eigenvalue weighted by Gasteiger charge is 2.37. The zero-order valence-corrected chi connectivity index (χ0v) is 11.9. The molecule has 0 aromatic carbocycles. The van der Waals surface area contributed by atoms with Crippen molar-refractivity contribution in [2.75, 3.05) is 12.3 Å². The number of piperidine rings is 1. The molecule has 2 amide bonds. The first kappa shape index (κ1) is 14.6. The van der Waals surface area contributed by atoms with Gasteiger partial charge in [-0.05, 0) is 23.5 Å². The molecule has 4 heteroatoms. The number of carbonyl (C=O) groups is 2. The van der Waals surface area contributed by atoms with E-state index in [2.05, 4.69) is 19.6 Å². The Kier molecular flexibility index (Phi) is 5.04. The standard InChI is InChI=1S/C13H23NO2S/c1-4-5-10(9-17)8-14-11(15)6-13(2,3)7-12(14)16/h10,17H,4-9H2,1-3H3. The topological polar surface area (TPSA) is 37.4 Å². The summed E-state index contributed by atoms with van der Waals surface area (Å²) in [7, 11) is 0. The molecular formula is C13H23NO2S. The molecule has 0 aliphatic carbocycles. The largest absolute Gasteiger partial charge is 0.282 e. The van der Waals surface area contributed by atoms with Crippen LogP contribution in [0.4, 0.5) is 0 Å². The van der Waals surface area contributed by atoms with Gasteiger partial charge < -0.3 is 0 Å². The van der Waals surface area contributed by atoms with Gasteiger partial charge in [0.25, 0.3) is 0 Å². The van der Waals surface area contributed by atoms with Crippen molar-refractivity contribution < 1.29 is 9.59 Å². The number of imide groups is 1. The number of likely N-dealkylation sites (tertiary alicyclic amines) is 1. The summed E-state index contributed by atoms with van der Waals surface area (Å²) in [5.74, 6) is 1.02. The summed E-state index contributed by atoms with van der Waals surface area (Å²) >= 11 is 4.29. The van der Waals surface area contributed by atoms with Gasteiger partial charge in [-0.15, -0.1) is 0 Å². The average molecular weight is 257 g/mol. The minimum Gasteiger partial charge on any atom is -0.282 e. The molecule has 1 unspecified atom stereocenters. The molecule has 1 fully saturated rings. The Morgan fingerprint density at radius 3 is 2.24 bits per heavy atom. The maximum atomic E-state index is 12.0. The summed E-state index contributed by atoms with van der Waals surface area (Å²) < 4.78 is 0. The summed E-state index contributed by atoms with van der Waals surface area (Å²) in [5, 5.41) is 0. The van der Waals surface area contributed by atoms with Gasteiger partial charge in [0.2, 0.25) is 11.8 Å². The van der Waals surface area contributed by atoms with Crippen LogP contribution in [0.5, 0.6) is 0 Å². The fraction of sp³-hybridized carbons (Fsp3) is 0.846. The quantitative estimate of drug-likeness (QED) is 0.607. The molecule has 1 rings (SSSR count). The van der Waals surface area contributed by atoms with Gasteiger partial charge in [0.05, 0.1) is 0 Å². The Morgan fingerprint density at radius 2 is 1.82 bits per heavy atom. The number of amides is 2. The van der Waals surface area contributed by atoms with Crippen LogP contribution in [0.2, 0.25) is 0 Å². The van der Waals surface area contributed by atoms with Crippen molar-refractivity contribution in [3.05, 3.63) is 0 Å². The smallest absolute Gasteiger partial charge is 0.229 e. The first-order valence-electron chi connectivity index (χ1n) is 6.33. The van der Waals surface area contributed by atoms with Crippen molar-refractivity contribution in [1.82, 2.24) is 4.90 Å². The fourth-order valence-electron chi connectivity index (χ4n) is 2.32. The van der Waals surface area contributed by atoms with Crippen molar-refractivity contribution in [2.45, 2.75) is 46.5 Å². The van der Waals surface area contributed by atoms with Gasteiger partial charge >= 0.3 is 0 Å². The molecule has 1 atom stereocenters. The van der Waals surface area contributed by atoms with Gasteiger partial charge in [-0.3, -0.25) is 14.5 Å². The van der Waals surface area contributed by atoms with Gasteiger partial charge in [0.15, 0.2) is 0 Å². The van der Waals surface area contributed by atoms with E-state index < -0.39 is 0 Å². The molecule has 0 N–H and O–H groups in total. The van der Waals surface area contributed by atoms with Crippen molar-refractivity contribution in [3.63, 3.8) is 0 Å². The number of carbonyl (C=O) groups excluding carboxylic acids is 2. The zero-order chi connectivity index (χ0) is 13.1. The van der Waals surface area contributed by atoms with E-state index >= 15 is 0 Å². The first-order chi connectivity index (χ1) is 7.89. The highest BCUT2D eigenvalue weighted by Crippen LogP contribution is 2.32. The van der Waals surface area contributed by atoms with Crippen LogP contribution in [-0.4, -0.2) is 29.0 Å². The van der Waals surface area contributed by atoms with Crippen molar-refractivity contribution in [3.8, 4) is 0 Å². The van der Waals surface area contributed by atoms with Crippen molar-refractivity contribution in [1.29, 1.82) is 0 Å². The summed E-state index contributed by atoms with van der Waals surface area (Å²) in [6, 6.07) is 0. The van der Waals surface area contributed by atoms with Crippen molar-refractivity contribution >= 4 is 24.4 Å². The Bertz CT molecular complexity index is 282. The molecule has 1 aliphatic rings. The molecular weight excluding hydrogens is 234 g/mol. The Morgan fingerprint density at radius 1 is 1.29 bits per heavy atom. The second-order valence-corrected chi connectivity index (χ2v) is 6.12. The molecule has 0 saturated carbocycles. The summed E-state index contributed by atoms with van der Waals surface area (Å²) in [6.07, 6.45) is 3.03. The molecule has 3 nitrogen and oxygen atoms in total. The maximum Gasteiger partial charge on any atom is 0.229 e. The molecule has 0 radical (unpaired) electrons.